The molecule has 0 saturated carbocycles. The van der Waals surface area contributed by atoms with E-state index in [1.54, 1.807) is 4.90 Å². The van der Waals surface area contributed by atoms with Gasteiger partial charge >= 0.3 is 0 Å². The minimum atomic E-state index is 0.0924. The molecular formula is C14H15N5O. The summed E-state index contributed by atoms with van der Waals surface area (Å²) < 4.78 is 0. The third-order valence-corrected chi connectivity index (χ3v) is 3.66. The normalized spacial score (nSPS) is 18.6. The number of benzene rings is 1. The molecule has 1 atom stereocenters. The third-order valence-electron chi connectivity index (χ3n) is 3.66. The highest BCUT2D eigenvalue weighted by Crippen LogP contribution is 2.28. The lowest BCUT2D eigenvalue weighted by Gasteiger charge is -2.16. The summed E-state index contributed by atoms with van der Waals surface area (Å²) >= 11 is 0. The van der Waals surface area contributed by atoms with Crippen LogP contribution in [0.2, 0.25) is 0 Å². The molecule has 2 heterocycles. The molecule has 1 amide bonds. The van der Waals surface area contributed by atoms with Crippen LogP contribution in [0.4, 0.5) is 5.69 Å². The summed E-state index contributed by atoms with van der Waals surface area (Å²) in [5.74, 6) is 0.205. The van der Waals surface area contributed by atoms with Crippen molar-refractivity contribution in [3.63, 3.8) is 0 Å². The largest absolute Gasteiger partial charge is 0.359 e. The van der Waals surface area contributed by atoms with Gasteiger partial charge in [-0.2, -0.15) is 0 Å². The van der Waals surface area contributed by atoms with E-state index >= 15 is 0 Å². The summed E-state index contributed by atoms with van der Waals surface area (Å²) in [6.07, 6.45) is 0.448. The van der Waals surface area contributed by atoms with Crippen LogP contribution in [0.3, 0.4) is 0 Å². The van der Waals surface area contributed by atoms with Crippen LogP contribution in [-0.4, -0.2) is 24.0 Å². The first kappa shape index (κ1) is 12.6. The van der Waals surface area contributed by atoms with Gasteiger partial charge in [0.2, 0.25) is 5.91 Å². The number of carbonyl (C=O) groups is 1. The van der Waals surface area contributed by atoms with Crippen LogP contribution < -0.4 is 4.90 Å². The number of hydrogen-bond donors (Lipinski definition) is 1. The highest BCUT2D eigenvalue weighted by molar-refractivity contribution is 5.98. The number of H-pyrrole nitrogens is 1. The molecule has 1 aliphatic heterocycles. The number of amides is 1. The van der Waals surface area contributed by atoms with E-state index in [-0.39, 0.29) is 11.8 Å². The van der Waals surface area contributed by atoms with E-state index in [1.807, 2.05) is 25.1 Å². The van der Waals surface area contributed by atoms with Gasteiger partial charge in [0.15, 0.2) is 0 Å². The minimum Gasteiger partial charge on any atom is -0.359 e. The number of azide groups is 1. The van der Waals surface area contributed by atoms with Crippen molar-refractivity contribution in [2.75, 3.05) is 18.0 Å². The molecule has 0 radical (unpaired) electrons. The first-order valence-corrected chi connectivity index (χ1v) is 6.58. The highest BCUT2D eigenvalue weighted by Gasteiger charge is 2.30. The molecule has 6 nitrogen and oxygen atoms in total. The smallest absolute Gasteiger partial charge is 0.227 e. The van der Waals surface area contributed by atoms with Crippen molar-refractivity contribution in [1.82, 2.24) is 4.98 Å². The van der Waals surface area contributed by atoms with Gasteiger partial charge in [0.1, 0.15) is 0 Å². The molecule has 102 valence electrons. The molecule has 0 spiro atoms. The molecule has 0 bridgehead atoms. The number of rotatable bonds is 3. The van der Waals surface area contributed by atoms with Crippen molar-refractivity contribution in [1.29, 1.82) is 0 Å². The minimum absolute atomic E-state index is 0.0924. The standard InChI is InChI=1S/C14H15N5O/c1-9-4-11-6-12(2-3-13(11)17-9)19-8-10(5-14(19)20)7-16-18-15/h2-4,6,10,17H,5,7-8H2,1H3. The van der Waals surface area contributed by atoms with Gasteiger partial charge in [-0.15, -0.1) is 0 Å². The molecule has 0 aliphatic carbocycles. The number of fused-ring (bicyclic) bond motifs is 1. The maximum Gasteiger partial charge on any atom is 0.227 e. The molecule has 20 heavy (non-hydrogen) atoms. The molecular weight excluding hydrogens is 254 g/mol. The Hall–Kier alpha value is -2.46. The van der Waals surface area contributed by atoms with Gasteiger partial charge in [0.05, 0.1) is 0 Å². The predicted molar refractivity (Wildman–Crippen MR) is 77.5 cm³/mol. The molecule has 1 aromatic carbocycles. The van der Waals surface area contributed by atoms with Gasteiger partial charge in [0, 0.05) is 46.7 Å². The fraction of sp³-hybridized carbons (Fsp3) is 0.357. The average Bonchev–Trinajstić information content (AvgIpc) is 2.97. The number of hydrogen-bond acceptors (Lipinski definition) is 2. The Balaban J connectivity index is 1.86. The SMILES string of the molecule is Cc1cc2cc(N3CC(CN=[N+]=[N-])CC3=O)ccc2[nH]1. The monoisotopic (exact) mass is 269 g/mol. The summed E-state index contributed by atoms with van der Waals surface area (Å²) in [5, 5.41) is 4.67. The fourth-order valence-electron chi connectivity index (χ4n) is 2.74. The second-order valence-corrected chi connectivity index (χ2v) is 5.21. The van der Waals surface area contributed by atoms with Crippen molar-refractivity contribution >= 4 is 22.5 Å². The number of nitrogens with one attached hydrogen (secondary N) is 1. The Bertz CT molecular complexity index is 713. The number of nitrogens with zero attached hydrogens (tertiary/aromatic N) is 4. The van der Waals surface area contributed by atoms with Gasteiger partial charge < -0.3 is 9.88 Å². The maximum atomic E-state index is 12.1. The second kappa shape index (κ2) is 4.90. The van der Waals surface area contributed by atoms with Crippen molar-refractivity contribution in [2.24, 2.45) is 11.0 Å². The Morgan fingerprint density at radius 2 is 2.35 bits per heavy atom. The number of anilines is 1. The van der Waals surface area contributed by atoms with E-state index in [9.17, 15) is 4.79 Å². The van der Waals surface area contributed by atoms with Crippen LogP contribution in [0.1, 0.15) is 12.1 Å². The Kier molecular flexibility index (Phi) is 3.08. The van der Waals surface area contributed by atoms with Crippen LogP contribution in [-0.2, 0) is 4.79 Å². The van der Waals surface area contributed by atoms with E-state index in [0.29, 0.717) is 19.5 Å². The second-order valence-electron chi connectivity index (χ2n) is 5.21. The summed E-state index contributed by atoms with van der Waals surface area (Å²) in [5.41, 5.74) is 11.4. The van der Waals surface area contributed by atoms with E-state index in [4.69, 9.17) is 5.53 Å². The predicted octanol–water partition coefficient (Wildman–Crippen LogP) is 3.14. The lowest BCUT2D eigenvalue weighted by Crippen LogP contribution is -2.24. The quantitative estimate of drug-likeness (QED) is 0.518. The summed E-state index contributed by atoms with van der Waals surface area (Å²) in [4.78, 5) is 19.9. The first-order chi connectivity index (χ1) is 9.67. The number of carbonyl (C=O) groups excluding carboxylic acids is 1. The molecule has 1 fully saturated rings. The summed E-state index contributed by atoms with van der Waals surface area (Å²) in [6, 6.07) is 8.03. The molecule has 1 aliphatic rings. The Morgan fingerprint density at radius 1 is 1.50 bits per heavy atom. The van der Waals surface area contributed by atoms with Crippen molar-refractivity contribution in [3.8, 4) is 0 Å². The van der Waals surface area contributed by atoms with Crippen molar-refractivity contribution in [3.05, 3.63) is 40.4 Å². The molecule has 1 N–H and O–H groups in total. The summed E-state index contributed by atoms with van der Waals surface area (Å²) in [7, 11) is 0. The average molecular weight is 269 g/mol. The van der Waals surface area contributed by atoms with Gasteiger partial charge in [0.25, 0.3) is 0 Å². The van der Waals surface area contributed by atoms with E-state index in [0.717, 1.165) is 22.3 Å². The van der Waals surface area contributed by atoms with Crippen LogP contribution in [0.25, 0.3) is 21.3 Å². The number of aromatic amines is 1. The van der Waals surface area contributed by atoms with E-state index < -0.39 is 0 Å². The van der Waals surface area contributed by atoms with Crippen LogP contribution in [0.15, 0.2) is 29.4 Å². The zero-order valence-corrected chi connectivity index (χ0v) is 11.2. The number of aromatic nitrogens is 1. The molecule has 1 saturated heterocycles. The first-order valence-electron chi connectivity index (χ1n) is 6.58. The number of aryl methyl sites for hydroxylation is 1. The van der Waals surface area contributed by atoms with Crippen LogP contribution in [0, 0.1) is 12.8 Å². The topological polar surface area (TPSA) is 84.9 Å². The molecule has 3 rings (SSSR count). The lowest BCUT2D eigenvalue weighted by molar-refractivity contribution is -0.117. The zero-order valence-electron chi connectivity index (χ0n) is 11.2. The van der Waals surface area contributed by atoms with E-state index in [2.05, 4.69) is 21.1 Å². The zero-order chi connectivity index (χ0) is 14.1. The lowest BCUT2D eigenvalue weighted by atomic mass is 10.1. The van der Waals surface area contributed by atoms with Crippen LogP contribution in [0.5, 0.6) is 0 Å². The Labute approximate surface area is 116 Å². The Morgan fingerprint density at radius 3 is 3.15 bits per heavy atom. The van der Waals surface area contributed by atoms with Gasteiger partial charge in [-0.3, -0.25) is 4.79 Å². The van der Waals surface area contributed by atoms with Crippen molar-refractivity contribution in [2.45, 2.75) is 13.3 Å². The van der Waals surface area contributed by atoms with Crippen LogP contribution >= 0.6 is 0 Å². The van der Waals surface area contributed by atoms with Crippen molar-refractivity contribution < 1.29 is 4.79 Å². The molecule has 1 aromatic heterocycles. The molecule has 6 heteroatoms. The van der Waals surface area contributed by atoms with Gasteiger partial charge in [-0.05, 0) is 42.6 Å². The third kappa shape index (κ3) is 2.21. The fourth-order valence-corrected chi connectivity index (χ4v) is 2.74. The highest BCUT2D eigenvalue weighted by atomic mass is 16.2. The van der Waals surface area contributed by atoms with Gasteiger partial charge in [-0.25, -0.2) is 0 Å². The van der Waals surface area contributed by atoms with E-state index in [1.165, 1.54) is 0 Å². The summed E-state index contributed by atoms with van der Waals surface area (Å²) in [6.45, 7) is 3.01. The molecule has 2 aromatic rings. The molecule has 1 unspecified atom stereocenters. The van der Waals surface area contributed by atoms with Gasteiger partial charge in [-0.1, -0.05) is 5.11 Å². The maximum absolute atomic E-state index is 12.1.